The summed E-state index contributed by atoms with van der Waals surface area (Å²) in [5, 5.41) is 9.27. The molecule has 1 aromatic rings. The van der Waals surface area contributed by atoms with Crippen LogP contribution in [0.1, 0.15) is 12.5 Å². The third-order valence-corrected chi connectivity index (χ3v) is 3.03. The molecule has 1 N–H and O–H groups in total. The van der Waals surface area contributed by atoms with Crippen molar-refractivity contribution in [2.24, 2.45) is 4.36 Å². The molecule has 1 heterocycles. The SMILES string of the molecule is CC(O)(c1cc(Cl)nc(N=S(C)(C)=O)c1)C(F)(F)F. The van der Waals surface area contributed by atoms with Crippen molar-refractivity contribution < 1.29 is 22.5 Å². The fourth-order valence-corrected chi connectivity index (χ4v) is 1.95. The van der Waals surface area contributed by atoms with Gasteiger partial charge in [0.15, 0.2) is 11.4 Å². The Kier molecular flexibility index (Phi) is 4.19. The summed E-state index contributed by atoms with van der Waals surface area (Å²) < 4.78 is 53.3. The molecule has 1 atom stereocenters. The average molecular weight is 317 g/mol. The number of hydrogen-bond acceptors (Lipinski definition) is 4. The molecule has 0 radical (unpaired) electrons. The van der Waals surface area contributed by atoms with Gasteiger partial charge in [-0.25, -0.2) is 9.19 Å². The predicted molar refractivity (Wildman–Crippen MR) is 67.0 cm³/mol. The molecule has 0 bridgehead atoms. The highest BCUT2D eigenvalue weighted by Crippen LogP contribution is 2.39. The van der Waals surface area contributed by atoms with Crippen molar-refractivity contribution >= 4 is 27.1 Å². The monoisotopic (exact) mass is 316 g/mol. The lowest BCUT2D eigenvalue weighted by atomic mass is 9.96. The second-order valence-electron chi connectivity index (χ2n) is 4.38. The van der Waals surface area contributed by atoms with Gasteiger partial charge < -0.3 is 5.11 Å². The van der Waals surface area contributed by atoms with Gasteiger partial charge in [0, 0.05) is 22.2 Å². The van der Waals surface area contributed by atoms with Crippen LogP contribution in [0.4, 0.5) is 19.0 Å². The second-order valence-corrected chi connectivity index (χ2v) is 7.31. The Morgan fingerprint density at radius 1 is 1.37 bits per heavy atom. The van der Waals surface area contributed by atoms with E-state index in [-0.39, 0.29) is 11.0 Å². The van der Waals surface area contributed by atoms with E-state index in [4.69, 9.17) is 11.6 Å². The zero-order valence-electron chi connectivity index (χ0n) is 10.3. The maximum absolute atomic E-state index is 12.7. The molecule has 0 aliphatic heterocycles. The number of hydrogen-bond donors (Lipinski definition) is 1. The van der Waals surface area contributed by atoms with E-state index in [1.807, 2.05) is 0 Å². The molecule has 1 unspecified atom stereocenters. The number of rotatable bonds is 2. The number of nitrogens with zero attached hydrogens (tertiary/aromatic N) is 2. The molecule has 0 spiro atoms. The summed E-state index contributed by atoms with van der Waals surface area (Å²) in [7, 11) is -2.60. The van der Waals surface area contributed by atoms with Gasteiger partial charge in [-0.1, -0.05) is 11.6 Å². The molecule has 19 heavy (non-hydrogen) atoms. The number of halogens is 4. The van der Waals surface area contributed by atoms with E-state index in [1.165, 1.54) is 12.5 Å². The Bertz CT molecular complexity index is 599. The van der Waals surface area contributed by atoms with Crippen LogP contribution in [-0.4, -0.2) is 33.0 Å². The van der Waals surface area contributed by atoms with Gasteiger partial charge in [-0.2, -0.15) is 17.5 Å². The minimum atomic E-state index is -4.88. The first-order valence-corrected chi connectivity index (χ1v) is 7.68. The standard InChI is InChI=1S/C10H12ClF3N2O2S/c1-9(17,10(12,13)14)6-4-7(11)15-8(5-6)16-19(2,3)18/h4-5,17H,1-3H3. The van der Waals surface area contributed by atoms with E-state index in [0.29, 0.717) is 6.92 Å². The van der Waals surface area contributed by atoms with Crippen LogP contribution in [0.25, 0.3) is 0 Å². The molecule has 1 rings (SSSR count). The maximum Gasteiger partial charge on any atom is 0.421 e. The number of pyridine rings is 1. The van der Waals surface area contributed by atoms with Crippen LogP contribution in [0, 0.1) is 0 Å². The van der Waals surface area contributed by atoms with E-state index in [1.54, 1.807) is 0 Å². The van der Waals surface area contributed by atoms with Gasteiger partial charge in [0.05, 0.1) is 0 Å². The summed E-state index contributed by atoms with van der Waals surface area (Å²) in [6, 6.07) is 1.80. The maximum atomic E-state index is 12.7. The van der Waals surface area contributed by atoms with Crippen molar-refractivity contribution in [1.29, 1.82) is 0 Å². The fraction of sp³-hybridized carbons (Fsp3) is 0.500. The summed E-state index contributed by atoms with van der Waals surface area (Å²) in [6.07, 6.45) is -2.27. The lowest BCUT2D eigenvalue weighted by Crippen LogP contribution is -2.39. The van der Waals surface area contributed by atoms with Gasteiger partial charge in [-0.05, 0) is 24.6 Å². The van der Waals surface area contributed by atoms with Crippen LogP contribution in [0.3, 0.4) is 0 Å². The van der Waals surface area contributed by atoms with E-state index in [0.717, 1.165) is 12.1 Å². The van der Waals surface area contributed by atoms with Gasteiger partial charge in [-0.3, -0.25) is 0 Å². The molecule has 0 aliphatic carbocycles. The van der Waals surface area contributed by atoms with Gasteiger partial charge in [0.25, 0.3) is 0 Å². The Morgan fingerprint density at radius 3 is 2.32 bits per heavy atom. The highest BCUT2D eigenvalue weighted by molar-refractivity contribution is 7.92. The van der Waals surface area contributed by atoms with Crippen molar-refractivity contribution in [2.45, 2.75) is 18.7 Å². The Hall–Kier alpha value is -0.860. The van der Waals surface area contributed by atoms with Crippen molar-refractivity contribution in [1.82, 2.24) is 4.98 Å². The van der Waals surface area contributed by atoms with Crippen LogP contribution < -0.4 is 0 Å². The minimum absolute atomic E-state index is 0.220. The normalized spacial score (nSPS) is 16.0. The quantitative estimate of drug-likeness (QED) is 0.853. The molecular weight excluding hydrogens is 305 g/mol. The third kappa shape index (κ3) is 4.05. The summed E-state index contributed by atoms with van der Waals surface area (Å²) in [4.78, 5) is 3.66. The topological polar surface area (TPSA) is 62.6 Å². The smallest absolute Gasteiger partial charge is 0.376 e. The zero-order valence-corrected chi connectivity index (χ0v) is 11.9. The van der Waals surface area contributed by atoms with Crippen LogP contribution in [0.5, 0.6) is 0 Å². The van der Waals surface area contributed by atoms with Gasteiger partial charge in [-0.15, -0.1) is 0 Å². The Labute approximate surface area is 113 Å². The highest BCUT2D eigenvalue weighted by Gasteiger charge is 2.51. The first-order chi connectivity index (χ1) is 8.33. The lowest BCUT2D eigenvalue weighted by molar-refractivity contribution is -0.258. The van der Waals surface area contributed by atoms with E-state index < -0.39 is 27.1 Å². The van der Waals surface area contributed by atoms with Gasteiger partial charge in [0.2, 0.25) is 0 Å². The van der Waals surface area contributed by atoms with Crippen LogP contribution in [0.2, 0.25) is 5.15 Å². The average Bonchev–Trinajstić information content (AvgIpc) is 2.11. The van der Waals surface area contributed by atoms with Gasteiger partial charge in [0.1, 0.15) is 5.15 Å². The molecular formula is C10H12ClF3N2O2S. The third-order valence-electron chi connectivity index (χ3n) is 2.21. The minimum Gasteiger partial charge on any atom is -0.376 e. The second kappa shape index (κ2) is 4.92. The number of alkyl halides is 3. The number of aliphatic hydroxyl groups is 1. The van der Waals surface area contributed by atoms with Crippen molar-refractivity contribution in [3.8, 4) is 0 Å². The molecule has 0 fully saturated rings. The van der Waals surface area contributed by atoms with E-state index in [9.17, 15) is 22.5 Å². The first-order valence-electron chi connectivity index (χ1n) is 4.97. The van der Waals surface area contributed by atoms with Crippen molar-refractivity contribution in [3.63, 3.8) is 0 Å². The van der Waals surface area contributed by atoms with Crippen LogP contribution in [0.15, 0.2) is 16.5 Å². The summed E-state index contributed by atoms with van der Waals surface area (Å²) in [5.41, 5.74) is -3.60. The molecule has 0 amide bonds. The largest absolute Gasteiger partial charge is 0.421 e. The highest BCUT2D eigenvalue weighted by atomic mass is 35.5. The molecule has 108 valence electrons. The molecule has 0 aliphatic rings. The van der Waals surface area contributed by atoms with Crippen LogP contribution in [-0.2, 0) is 15.3 Å². The molecule has 1 aromatic heterocycles. The molecule has 4 nitrogen and oxygen atoms in total. The summed E-state index contributed by atoms with van der Waals surface area (Å²) in [5.74, 6) is -0.220. The lowest BCUT2D eigenvalue weighted by Gasteiger charge is -2.26. The fourth-order valence-electron chi connectivity index (χ4n) is 1.20. The zero-order chi connectivity index (χ0) is 15.1. The van der Waals surface area contributed by atoms with Gasteiger partial charge >= 0.3 is 6.18 Å². The van der Waals surface area contributed by atoms with E-state index in [2.05, 4.69) is 9.35 Å². The summed E-state index contributed by atoms with van der Waals surface area (Å²) in [6.45, 7) is 0.595. The molecule has 9 heteroatoms. The van der Waals surface area contributed by atoms with Crippen molar-refractivity contribution in [3.05, 3.63) is 22.8 Å². The Balaban J connectivity index is 3.45. The summed E-state index contributed by atoms with van der Waals surface area (Å²) >= 11 is 5.59. The molecule has 0 saturated heterocycles. The van der Waals surface area contributed by atoms with Crippen LogP contribution >= 0.6 is 11.6 Å². The van der Waals surface area contributed by atoms with E-state index >= 15 is 0 Å². The first kappa shape index (κ1) is 16.2. The molecule has 0 saturated carbocycles. The Morgan fingerprint density at radius 2 is 1.89 bits per heavy atom. The predicted octanol–water partition coefficient (Wildman–Crippen LogP) is 2.86. The molecule has 0 aromatic carbocycles. The number of aromatic nitrogens is 1. The van der Waals surface area contributed by atoms with Crippen molar-refractivity contribution in [2.75, 3.05) is 12.5 Å².